The summed E-state index contributed by atoms with van der Waals surface area (Å²) in [5.74, 6) is 0.216. The van der Waals surface area contributed by atoms with E-state index in [9.17, 15) is 9.90 Å². The number of carbonyl (C=O) groups is 1. The van der Waals surface area contributed by atoms with Gasteiger partial charge in [-0.05, 0) is 30.9 Å². The number of aliphatic hydroxyl groups is 1. The molecule has 1 saturated carbocycles. The van der Waals surface area contributed by atoms with Gasteiger partial charge in [0.05, 0.1) is 12.2 Å². The zero-order chi connectivity index (χ0) is 16.9. The molecule has 1 aliphatic heterocycles. The first-order valence-corrected chi connectivity index (χ1v) is 8.78. The molecule has 3 rings (SSSR count). The quantitative estimate of drug-likeness (QED) is 0.887. The molecule has 2 fully saturated rings. The summed E-state index contributed by atoms with van der Waals surface area (Å²) < 4.78 is 5.32. The number of amides is 1. The fraction of sp³-hybridized carbons (Fsp3) is 0.667. The van der Waals surface area contributed by atoms with E-state index in [0.29, 0.717) is 12.8 Å². The van der Waals surface area contributed by atoms with Crippen molar-refractivity contribution < 1.29 is 14.6 Å². The maximum Gasteiger partial charge on any atom is 0.225 e. The van der Waals surface area contributed by atoms with Crippen LogP contribution < -0.4 is 0 Å². The predicted octanol–water partition coefficient (Wildman–Crippen LogP) is 0.902. The molecule has 2 heterocycles. The number of aromatic nitrogens is 1. The molecular formula is C18H27N3O3. The second-order valence-electron chi connectivity index (χ2n) is 6.81. The van der Waals surface area contributed by atoms with Gasteiger partial charge in [-0.1, -0.05) is 6.07 Å². The van der Waals surface area contributed by atoms with Crippen molar-refractivity contribution in [1.82, 2.24) is 14.8 Å². The van der Waals surface area contributed by atoms with E-state index in [2.05, 4.69) is 16.0 Å². The Balaban J connectivity index is 1.48. The van der Waals surface area contributed by atoms with E-state index >= 15 is 0 Å². The Morgan fingerprint density at radius 3 is 2.79 bits per heavy atom. The fourth-order valence-corrected chi connectivity index (χ4v) is 3.73. The van der Waals surface area contributed by atoms with E-state index in [1.165, 1.54) is 5.56 Å². The van der Waals surface area contributed by atoms with E-state index in [-0.39, 0.29) is 17.9 Å². The van der Waals surface area contributed by atoms with Crippen LogP contribution >= 0.6 is 0 Å². The van der Waals surface area contributed by atoms with Gasteiger partial charge in [-0.2, -0.15) is 0 Å². The SMILES string of the molecule is CO[C@@H]1C[C@H](C(=O)N2CCN(Cc3cccnc3)CC2)CC[C@@H]1O. The van der Waals surface area contributed by atoms with Crippen LogP contribution in [-0.2, 0) is 16.1 Å². The molecule has 0 radical (unpaired) electrons. The lowest BCUT2D eigenvalue weighted by atomic mass is 9.84. The highest BCUT2D eigenvalue weighted by Crippen LogP contribution is 2.28. The Bertz CT molecular complexity index is 532. The highest BCUT2D eigenvalue weighted by atomic mass is 16.5. The molecule has 0 aromatic carbocycles. The van der Waals surface area contributed by atoms with Gasteiger partial charge < -0.3 is 14.7 Å². The predicted molar refractivity (Wildman–Crippen MR) is 90.2 cm³/mol. The minimum atomic E-state index is -0.435. The maximum absolute atomic E-state index is 12.7. The molecule has 1 aromatic heterocycles. The van der Waals surface area contributed by atoms with E-state index in [4.69, 9.17) is 4.74 Å². The van der Waals surface area contributed by atoms with Crippen LogP contribution in [-0.4, -0.2) is 71.3 Å². The Morgan fingerprint density at radius 2 is 2.12 bits per heavy atom. The molecule has 1 saturated heterocycles. The number of piperazine rings is 1. The summed E-state index contributed by atoms with van der Waals surface area (Å²) in [4.78, 5) is 21.2. The van der Waals surface area contributed by atoms with Crippen LogP contribution in [0.5, 0.6) is 0 Å². The highest BCUT2D eigenvalue weighted by Gasteiger charge is 2.35. The third-order valence-corrected chi connectivity index (χ3v) is 5.22. The number of rotatable bonds is 4. The van der Waals surface area contributed by atoms with Gasteiger partial charge in [0.2, 0.25) is 5.91 Å². The zero-order valence-electron chi connectivity index (χ0n) is 14.3. The monoisotopic (exact) mass is 333 g/mol. The van der Waals surface area contributed by atoms with E-state index in [1.54, 1.807) is 13.3 Å². The summed E-state index contributed by atoms with van der Waals surface area (Å²) in [7, 11) is 1.61. The molecule has 2 aliphatic rings. The first kappa shape index (κ1) is 17.3. The third kappa shape index (κ3) is 4.12. The van der Waals surface area contributed by atoms with Gasteiger partial charge in [0.15, 0.2) is 0 Å². The van der Waals surface area contributed by atoms with Gasteiger partial charge >= 0.3 is 0 Å². The van der Waals surface area contributed by atoms with Crippen molar-refractivity contribution in [2.75, 3.05) is 33.3 Å². The van der Waals surface area contributed by atoms with Gasteiger partial charge in [-0.25, -0.2) is 0 Å². The summed E-state index contributed by atoms with van der Waals surface area (Å²) in [6, 6.07) is 4.04. The van der Waals surface area contributed by atoms with Crippen LogP contribution in [0, 0.1) is 5.92 Å². The molecule has 3 atom stereocenters. The number of carbonyl (C=O) groups excluding carboxylic acids is 1. The molecule has 6 heteroatoms. The number of aliphatic hydroxyl groups excluding tert-OH is 1. The number of pyridine rings is 1. The Hall–Kier alpha value is -1.50. The summed E-state index contributed by atoms with van der Waals surface area (Å²) in [6.07, 6.45) is 5.08. The van der Waals surface area contributed by atoms with Crippen LogP contribution in [0.1, 0.15) is 24.8 Å². The Labute approximate surface area is 143 Å². The first-order chi connectivity index (χ1) is 11.7. The second kappa shape index (κ2) is 8.05. The first-order valence-electron chi connectivity index (χ1n) is 8.78. The standard InChI is InChI=1S/C18H27N3O3/c1-24-17-11-15(4-5-16(17)22)18(23)21-9-7-20(8-10-21)13-14-3-2-6-19-12-14/h2-3,6,12,15-17,22H,4-5,7-11,13H2,1H3/t15-,16+,17-/m1/s1. The van der Waals surface area contributed by atoms with Crippen molar-refractivity contribution in [3.05, 3.63) is 30.1 Å². The Kier molecular flexibility index (Phi) is 5.81. The second-order valence-corrected chi connectivity index (χ2v) is 6.81. The van der Waals surface area contributed by atoms with Gasteiger partial charge in [0.1, 0.15) is 0 Å². The normalized spacial score (nSPS) is 28.8. The molecule has 6 nitrogen and oxygen atoms in total. The average molecular weight is 333 g/mol. The molecule has 0 spiro atoms. The van der Waals surface area contributed by atoms with Gasteiger partial charge in [0.25, 0.3) is 0 Å². The van der Waals surface area contributed by atoms with Gasteiger partial charge in [-0.3, -0.25) is 14.7 Å². The maximum atomic E-state index is 12.7. The van der Waals surface area contributed by atoms with Gasteiger partial charge in [0, 0.05) is 58.1 Å². The van der Waals surface area contributed by atoms with Crippen molar-refractivity contribution in [2.45, 2.75) is 38.0 Å². The van der Waals surface area contributed by atoms with E-state index < -0.39 is 6.10 Å². The van der Waals surface area contributed by atoms with Crippen molar-refractivity contribution in [2.24, 2.45) is 5.92 Å². The summed E-state index contributed by atoms with van der Waals surface area (Å²) in [5, 5.41) is 9.89. The lowest BCUT2D eigenvalue weighted by Gasteiger charge is -2.38. The van der Waals surface area contributed by atoms with Gasteiger partial charge in [-0.15, -0.1) is 0 Å². The lowest BCUT2D eigenvalue weighted by Crippen LogP contribution is -2.51. The summed E-state index contributed by atoms with van der Waals surface area (Å²) >= 11 is 0. The average Bonchev–Trinajstić information content (AvgIpc) is 2.63. The summed E-state index contributed by atoms with van der Waals surface area (Å²) in [5.41, 5.74) is 1.21. The minimum absolute atomic E-state index is 0.0109. The molecule has 1 aromatic rings. The largest absolute Gasteiger partial charge is 0.390 e. The number of ether oxygens (including phenoxy) is 1. The molecule has 24 heavy (non-hydrogen) atoms. The highest BCUT2D eigenvalue weighted by molar-refractivity contribution is 5.79. The number of hydrogen-bond donors (Lipinski definition) is 1. The van der Waals surface area contributed by atoms with Crippen molar-refractivity contribution in [3.63, 3.8) is 0 Å². The van der Waals surface area contributed by atoms with Crippen molar-refractivity contribution in [1.29, 1.82) is 0 Å². The molecule has 0 unspecified atom stereocenters. The number of methoxy groups -OCH3 is 1. The van der Waals surface area contributed by atoms with Crippen LogP contribution in [0.4, 0.5) is 0 Å². The molecule has 1 amide bonds. The number of nitrogens with zero attached hydrogens (tertiary/aromatic N) is 3. The van der Waals surface area contributed by atoms with E-state index in [1.807, 2.05) is 17.2 Å². The zero-order valence-corrected chi connectivity index (χ0v) is 14.3. The minimum Gasteiger partial charge on any atom is -0.390 e. The van der Waals surface area contributed by atoms with Crippen LogP contribution in [0.2, 0.25) is 0 Å². The van der Waals surface area contributed by atoms with Crippen molar-refractivity contribution in [3.8, 4) is 0 Å². The Morgan fingerprint density at radius 1 is 1.33 bits per heavy atom. The molecular weight excluding hydrogens is 306 g/mol. The van der Waals surface area contributed by atoms with Crippen LogP contribution in [0.25, 0.3) is 0 Å². The van der Waals surface area contributed by atoms with Crippen molar-refractivity contribution >= 4 is 5.91 Å². The molecule has 132 valence electrons. The molecule has 1 aliphatic carbocycles. The number of hydrogen-bond acceptors (Lipinski definition) is 5. The molecule has 0 bridgehead atoms. The fourth-order valence-electron chi connectivity index (χ4n) is 3.73. The van der Waals surface area contributed by atoms with E-state index in [0.717, 1.165) is 39.1 Å². The topological polar surface area (TPSA) is 65.9 Å². The van der Waals surface area contributed by atoms with Crippen LogP contribution in [0.3, 0.4) is 0 Å². The third-order valence-electron chi connectivity index (χ3n) is 5.22. The smallest absolute Gasteiger partial charge is 0.225 e. The van der Waals surface area contributed by atoms with Crippen LogP contribution in [0.15, 0.2) is 24.5 Å². The summed E-state index contributed by atoms with van der Waals surface area (Å²) in [6.45, 7) is 4.22. The molecule has 1 N–H and O–H groups in total. The lowest BCUT2D eigenvalue weighted by molar-refractivity contribution is -0.142.